The maximum absolute atomic E-state index is 4.10. The summed E-state index contributed by atoms with van der Waals surface area (Å²) in [6.45, 7) is 17.6. The van der Waals surface area contributed by atoms with E-state index in [0.717, 1.165) is 25.7 Å². The van der Waals surface area contributed by atoms with Crippen LogP contribution in [0.4, 0.5) is 11.4 Å². The Labute approximate surface area is 276 Å². The minimum Gasteiger partial charge on any atom is -0.338 e. The molecule has 0 saturated carbocycles. The molecule has 3 aromatic rings. The van der Waals surface area contributed by atoms with Crippen molar-refractivity contribution in [3.05, 3.63) is 155 Å². The summed E-state index contributed by atoms with van der Waals surface area (Å²) in [5.41, 5.74) is 15.7. The third-order valence-corrected chi connectivity index (χ3v) is 10.6. The number of hydrogen-bond donors (Lipinski definition) is 0. The fourth-order valence-corrected chi connectivity index (χ4v) is 8.01. The van der Waals surface area contributed by atoms with Gasteiger partial charge in [0.2, 0.25) is 0 Å². The van der Waals surface area contributed by atoms with Crippen LogP contribution in [0.1, 0.15) is 82.1 Å². The third-order valence-electron chi connectivity index (χ3n) is 10.6. The van der Waals surface area contributed by atoms with Crippen LogP contribution in [0.15, 0.2) is 133 Å². The van der Waals surface area contributed by atoms with Crippen LogP contribution in [-0.4, -0.2) is 12.1 Å². The van der Waals surface area contributed by atoms with Crippen molar-refractivity contribution >= 4 is 23.5 Å². The Morgan fingerprint density at radius 2 is 1.33 bits per heavy atom. The van der Waals surface area contributed by atoms with Gasteiger partial charge >= 0.3 is 0 Å². The Morgan fingerprint density at radius 1 is 0.696 bits per heavy atom. The van der Waals surface area contributed by atoms with E-state index >= 15 is 0 Å². The molecule has 2 atom stereocenters. The predicted octanol–water partition coefficient (Wildman–Crippen LogP) is 11.5. The molecule has 3 aromatic carbocycles. The minimum absolute atomic E-state index is 0.0760. The Balaban J connectivity index is 1.15. The van der Waals surface area contributed by atoms with E-state index in [1.54, 1.807) is 0 Å². The first-order valence-corrected chi connectivity index (χ1v) is 17.0. The molecular weight excluding hydrogens is 556 g/mol. The van der Waals surface area contributed by atoms with Crippen LogP contribution in [0.3, 0.4) is 0 Å². The van der Waals surface area contributed by atoms with Crippen molar-refractivity contribution in [1.29, 1.82) is 0 Å². The van der Waals surface area contributed by atoms with Crippen molar-refractivity contribution < 1.29 is 0 Å². The van der Waals surface area contributed by atoms with Crippen LogP contribution in [0.5, 0.6) is 0 Å². The molecule has 2 aliphatic heterocycles. The van der Waals surface area contributed by atoms with Gasteiger partial charge in [0, 0.05) is 40.3 Å². The van der Waals surface area contributed by atoms with Crippen molar-refractivity contribution in [2.24, 2.45) is 0 Å². The summed E-state index contributed by atoms with van der Waals surface area (Å²) in [5, 5.41) is 0. The smallest absolute Gasteiger partial charge is 0.0442 e. The molecule has 0 bridgehead atoms. The highest BCUT2D eigenvalue weighted by Crippen LogP contribution is 2.51. The predicted molar refractivity (Wildman–Crippen MR) is 199 cm³/mol. The van der Waals surface area contributed by atoms with Crippen LogP contribution in [0, 0.1) is 0 Å². The maximum Gasteiger partial charge on any atom is 0.0442 e. The van der Waals surface area contributed by atoms with Crippen LogP contribution in [0.25, 0.3) is 23.3 Å². The number of hydrogen-bond acceptors (Lipinski definition) is 2. The zero-order chi connectivity index (χ0) is 32.0. The number of benzene rings is 3. The average Bonchev–Trinajstić information content (AvgIpc) is 3.19. The Kier molecular flexibility index (Phi) is 7.85. The number of nitrogens with zero attached hydrogens (tertiary/aromatic N) is 2. The average molecular weight is 603 g/mol. The van der Waals surface area contributed by atoms with Gasteiger partial charge in [-0.1, -0.05) is 99.9 Å². The summed E-state index contributed by atoms with van der Waals surface area (Å²) in [6, 6.07) is 24.0. The largest absolute Gasteiger partial charge is 0.338 e. The molecule has 2 heterocycles. The second kappa shape index (κ2) is 12.0. The van der Waals surface area contributed by atoms with Gasteiger partial charge in [-0.3, -0.25) is 0 Å². The van der Waals surface area contributed by atoms with Gasteiger partial charge in [0.15, 0.2) is 0 Å². The number of fused-ring (bicyclic) bond motifs is 3. The molecule has 2 unspecified atom stereocenters. The van der Waals surface area contributed by atoms with Gasteiger partial charge in [0.25, 0.3) is 0 Å². The molecule has 0 amide bonds. The molecule has 0 fully saturated rings. The van der Waals surface area contributed by atoms with E-state index in [1.165, 1.54) is 73.7 Å². The van der Waals surface area contributed by atoms with Crippen LogP contribution in [0.2, 0.25) is 0 Å². The van der Waals surface area contributed by atoms with E-state index in [1.807, 2.05) is 12.2 Å². The number of allylic oxidation sites excluding steroid dienone is 8. The fraction of sp³-hybridized carbons (Fsp3) is 0.273. The van der Waals surface area contributed by atoms with E-state index in [2.05, 4.69) is 148 Å². The molecule has 2 heteroatoms. The fourth-order valence-electron chi connectivity index (χ4n) is 8.01. The SMILES string of the molecule is C=CC1=C(C=C)N(c2ccc(/C=C/c3ccc4c(c3)C(C)(C)c3cc(N5C6=C(C=CCC=C6)CCC5C)ccc3-4)cc2)C(C)CC1. The van der Waals surface area contributed by atoms with Crippen LogP contribution < -0.4 is 9.80 Å². The second-order valence-corrected chi connectivity index (χ2v) is 13.9. The molecule has 232 valence electrons. The third kappa shape index (κ3) is 5.14. The molecule has 4 aliphatic rings. The van der Waals surface area contributed by atoms with Crippen molar-refractivity contribution in [3.63, 3.8) is 0 Å². The highest BCUT2D eigenvalue weighted by Gasteiger charge is 2.37. The summed E-state index contributed by atoms with van der Waals surface area (Å²) in [6.07, 6.45) is 23.2. The summed E-state index contributed by atoms with van der Waals surface area (Å²) in [4.78, 5) is 4.97. The zero-order valence-corrected chi connectivity index (χ0v) is 27.9. The molecule has 0 radical (unpaired) electrons. The Bertz CT molecular complexity index is 1860. The van der Waals surface area contributed by atoms with Crippen molar-refractivity contribution in [2.45, 2.75) is 77.3 Å². The number of anilines is 2. The first-order chi connectivity index (χ1) is 22.3. The van der Waals surface area contributed by atoms with Crippen molar-refractivity contribution in [2.75, 3.05) is 9.80 Å². The van der Waals surface area contributed by atoms with Gasteiger partial charge < -0.3 is 9.80 Å². The topological polar surface area (TPSA) is 6.48 Å². The molecule has 0 N–H and O–H groups in total. The van der Waals surface area contributed by atoms with Crippen LogP contribution in [-0.2, 0) is 5.41 Å². The van der Waals surface area contributed by atoms with E-state index in [9.17, 15) is 0 Å². The molecule has 2 aliphatic carbocycles. The molecular formula is C44H46N2. The summed E-state index contributed by atoms with van der Waals surface area (Å²) >= 11 is 0. The summed E-state index contributed by atoms with van der Waals surface area (Å²) in [7, 11) is 0. The lowest BCUT2D eigenvalue weighted by atomic mass is 9.81. The molecule has 2 nitrogen and oxygen atoms in total. The molecule has 0 saturated heterocycles. The molecule has 0 aromatic heterocycles. The monoisotopic (exact) mass is 602 g/mol. The first kappa shape index (κ1) is 30.1. The second-order valence-electron chi connectivity index (χ2n) is 13.9. The van der Waals surface area contributed by atoms with Crippen LogP contribution >= 0.6 is 0 Å². The van der Waals surface area contributed by atoms with Gasteiger partial charge in [0.1, 0.15) is 0 Å². The molecule has 7 rings (SSSR count). The highest BCUT2D eigenvalue weighted by atomic mass is 15.2. The van der Waals surface area contributed by atoms with Gasteiger partial charge in [-0.05, 0) is 127 Å². The number of rotatable bonds is 6. The quantitative estimate of drug-likeness (QED) is 0.259. The van der Waals surface area contributed by atoms with E-state index < -0.39 is 0 Å². The van der Waals surface area contributed by atoms with Gasteiger partial charge in [-0.2, -0.15) is 0 Å². The first-order valence-electron chi connectivity index (χ1n) is 17.0. The zero-order valence-electron chi connectivity index (χ0n) is 27.9. The van der Waals surface area contributed by atoms with Gasteiger partial charge in [-0.15, -0.1) is 0 Å². The molecule has 46 heavy (non-hydrogen) atoms. The lowest BCUT2D eigenvalue weighted by molar-refractivity contribution is 0.600. The minimum atomic E-state index is -0.0760. The van der Waals surface area contributed by atoms with Crippen molar-refractivity contribution in [1.82, 2.24) is 0 Å². The summed E-state index contributed by atoms with van der Waals surface area (Å²) < 4.78 is 0. The van der Waals surface area contributed by atoms with E-state index in [-0.39, 0.29) is 5.41 Å². The highest BCUT2D eigenvalue weighted by molar-refractivity contribution is 5.85. The van der Waals surface area contributed by atoms with Gasteiger partial charge in [0.05, 0.1) is 0 Å². The maximum atomic E-state index is 4.10. The lowest BCUT2D eigenvalue weighted by Crippen LogP contribution is -2.35. The Hall–Kier alpha value is -4.56. The lowest BCUT2D eigenvalue weighted by Gasteiger charge is -2.38. The van der Waals surface area contributed by atoms with Gasteiger partial charge in [-0.25, -0.2) is 0 Å². The van der Waals surface area contributed by atoms with E-state index in [4.69, 9.17) is 0 Å². The standard InChI is InChI=1S/C44H46N2/c1-7-34-21-14-30(3)45(42(34)8-2)36-23-18-32(19-24-36)16-17-33-20-26-38-39-27-25-37(29-41(39)44(5,6)40(38)28-33)46-31(4)15-22-35-12-10-9-11-13-43(35)46/h7-8,10-13,16-20,23-31H,1-2,9,14-15,21-22H2,3-6H3/b17-16+. The van der Waals surface area contributed by atoms with Crippen molar-refractivity contribution in [3.8, 4) is 11.1 Å². The normalized spacial score (nSPS) is 21.7. The molecule has 0 spiro atoms. The summed E-state index contributed by atoms with van der Waals surface area (Å²) in [5.74, 6) is 0. The van der Waals surface area contributed by atoms with E-state index in [0.29, 0.717) is 12.1 Å². The Morgan fingerprint density at radius 3 is 2.09 bits per heavy atom.